The zero-order chi connectivity index (χ0) is 8.55. The largest absolute Gasteiger partial charge is 0.416 e. The van der Waals surface area contributed by atoms with Gasteiger partial charge < -0.3 is 10.1 Å². The molecule has 0 saturated carbocycles. The first-order chi connectivity index (χ1) is 5.77. The van der Waals surface area contributed by atoms with Gasteiger partial charge in [0.15, 0.2) is 0 Å². The maximum absolute atomic E-state index is 11.1. The van der Waals surface area contributed by atoms with Crippen LogP contribution >= 0.6 is 10.9 Å². The summed E-state index contributed by atoms with van der Waals surface area (Å²) in [7, 11) is -0.994. The molecule has 0 aromatic rings. The smallest absolute Gasteiger partial charge is 0.369 e. The van der Waals surface area contributed by atoms with Crippen molar-refractivity contribution in [1.29, 1.82) is 0 Å². The van der Waals surface area contributed by atoms with Gasteiger partial charge in [0.2, 0.25) is 0 Å². The zero-order valence-electron chi connectivity index (χ0n) is 6.06. The van der Waals surface area contributed by atoms with Crippen LogP contribution in [0.4, 0.5) is 9.59 Å². The molecule has 0 aliphatic carbocycles. The predicted octanol–water partition coefficient (Wildman–Crippen LogP) is 1.26. The number of hydrogen-bond acceptors (Lipinski definition) is 3. The molecule has 1 fully saturated rings. The molecule has 12 heavy (non-hydrogen) atoms. The van der Waals surface area contributed by atoms with E-state index in [1.807, 2.05) is 6.08 Å². The quantitative estimate of drug-likeness (QED) is 0.339. The number of thiol groups is 1. The number of cyclic esters (lactones) is 2. The Hall–Kier alpha value is -1.23. The Labute approximate surface area is 71.6 Å². The van der Waals surface area contributed by atoms with Gasteiger partial charge in [-0.3, -0.25) is 0 Å². The Kier molecular flexibility index (Phi) is 1.65. The van der Waals surface area contributed by atoms with Crippen LogP contribution in [0.3, 0.4) is 0 Å². The molecule has 0 aromatic heterocycles. The van der Waals surface area contributed by atoms with Crippen molar-refractivity contribution in [1.82, 2.24) is 5.32 Å². The Balaban J connectivity index is 2.25. The molecule has 2 heterocycles. The van der Waals surface area contributed by atoms with Gasteiger partial charge in [0.1, 0.15) is 0 Å². The Morgan fingerprint density at radius 1 is 1.42 bits per heavy atom. The summed E-state index contributed by atoms with van der Waals surface area (Å²) in [6.07, 6.45) is 4.75. The monoisotopic (exact) mass is 185 g/mol. The van der Waals surface area contributed by atoms with Crippen molar-refractivity contribution >= 4 is 22.3 Å². The maximum atomic E-state index is 11.1. The molecule has 5 heteroatoms. The van der Waals surface area contributed by atoms with E-state index in [1.165, 1.54) is 0 Å². The number of nitrogens with one attached hydrogen (secondary N) is 1. The summed E-state index contributed by atoms with van der Waals surface area (Å²) in [6.45, 7) is 0. The number of rotatable bonds is 0. The predicted molar refractivity (Wildman–Crippen MR) is 46.1 cm³/mol. The summed E-state index contributed by atoms with van der Waals surface area (Å²) in [5.74, 6) is 0. The molecule has 4 nitrogen and oxygen atoms in total. The minimum Gasteiger partial charge on any atom is -0.369 e. The first kappa shape index (κ1) is 7.42. The summed E-state index contributed by atoms with van der Waals surface area (Å²) in [6, 6.07) is 0. The van der Waals surface area contributed by atoms with Gasteiger partial charge in [-0.05, 0) is 5.41 Å². The lowest BCUT2D eigenvalue weighted by atomic mass is 10.4. The van der Waals surface area contributed by atoms with Crippen LogP contribution in [0.5, 0.6) is 0 Å². The fourth-order valence-electron chi connectivity index (χ4n) is 1.07. The standard InChI is InChI=1S/C7H7NO3S/c9-6-8-5-3-1-2-4-12(5)7(10)11-6/h1-5,12H,(H,8,9). The number of ether oxygens (including phenoxy) is 1. The molecule has 1 N–H and O–H groups in total. The van der Waals surface area contributed by atoms with Gasteiger partial charge in [0.25, 0.3) is 0 Å². The second-order valence-electron chi connectivity index (χ2n) is 2.38. The van der Waals surface area contributed by atoms with E-state index in [9.17, 15) is 9.59 Å². The topological polar surface area (TPSA) is 55.4 Å². The lowest BCUT2D eigenvalue weighted by Crippen LogP contribution is -2.41. The highest BCUT2D eigenvalue weighted by Crippen LogP contribution is 2.39. The van der Waals surface area contributed by atoms with Gasteiger partial charge >= 0.3 is 11.4 Å². The first-order valence-corrected chi connectivity index (χ1v) is 4.91. The van der Waals surface area contributed by atoms with Crippen LogP contribution in [0.15, 0.2) is 23.6 Å². The number of amides is 1. The third-order valence-corrected chi connectivity index (χ3v) is 3.51. The molecule has 2 aliphatic heterocycles. The molecular weight excluding hydrogens is 178 g/mol. The Morgan fingerprint density at radius 2 is 2.25 bits per heavy atom. The molecule has 2 atom stereocenters. The highest BCUT2D eigenvalue weighted by molar-refractivity contribution is 8.32. The lowest BCUT2D eigenvalue weighted by Gasteiger charge is -2.30. The van der Waals surface area contributed by atoms with Gasteiger partial charge in [0.05, 0.1) is 5.37 Å². The van der Waals surface area contributed by atoms with Gasteiger partial charge in [-0.1, -0.05) is 18.2 Å². The number of alkyl carbamates (subject to hydrolysis) is 1. The summed E-state index contributed by atoms with van der Waals surface area (Å²) in [5, 5.41) is 3.75. The Morgan fingerprint density at radius 3 is 3.08 bits per heavy atom. The summed E-state index contributed by atoms with van der Waals surface area (Å²) in [4.78, 5) is 21.8. The highest BCUT2D eigenvalue weighted by Gasteiger charge is 2.31. The SMILES string of the molecule is O=C1NC2C=CC=C[SH]2C(=O)O1. The van der Waals surface area contributed by atoms with Crippen LogP contribution in [0.2, 0.25) is 0 Å². The maximum Gasteiger partial charge on any atom is 0.416 e. The van der Waals surface area contributed by atoms with Crippen LogP contribution in [-0.4, -0.2) is 16.8 Å². The third kappa shape index (κ3) is 1.12. The second kappa shape index (κ2) is 2.67. The van der Waals surface area contributed by atoms with Gasteiger partial charge in [-0.2, -0.15) is 0 Å². The van der Waals surface area contributed by atoms with E-state index in [1.54, 1.807) is 17.6 Å². The van der Waals surface area contributed by atoms with Crippen molar-refractivity contribution in [2.24, 2.45) is 0 Å². The van der Waals surface area contributed by atoms with Gasteiger partial charge in [0, 0.05) is 0 Å². The van der Waals surface area contributed by atoms with Crippen LogP contribution in [0.25, 0.3) is 0 Å². The fourth-order valence-corrected chi connectivity index (χ4v) is 2.61. The number of allylic oxidation sites excluding steroid dienone is 2. The van der Waals surface area contributed by atoms with E-state index < -0.39 is 22.3 Å². The molecule has 1 amide bonds. The second-order valence-corrected chi connectivity index (χ2v) is 4.41. The van der Waals surface area contributed by atoms with E-state index in [2.05, 4.69) is 10.1 Å². The molecule has 1 saturated heterocycles. The summed E-state index contributed by atoms with van der Waals surface area (Å²) < 4.78 is 4.41. The van der Waals surface area contributed by atoms with Crippen molar-refractivity contribution in [2.45, 2.75) is 5.37 Å². The lowest BCUT2D eigenvalue weighted by molar-refractivity contribution is 0.164. The minimum absolute atomic E-state index is 0.168. The number of carbonyl (C=O) groups is 2. The van der Waals surface area contributed by atoms with Crippen molar-refractivity contribution in [3.05, 3.63) is 23.6 Å². The van der Waals surface area contributed by atoms with E-state index in [-0.39, 0.29) is 5.37 Å². The van der Waals surface area contributed by atoms with Crippen LogP contribution in [-0.2, 0) is 4.74 Å². The summed E-state index contributed by atoms with van der Waals surface area (Å²) >= 11 is 0. The number of hydrogen-bond donors (Lipinski definition) is 2. The van der Waals surface area contributed by atoms with Crippen LogP contribution in [0.1, 0.15) is 0 Å². The average Bonchev–Trinajstić information content (AvgIpc) is 2.04. The normalized spacial score (nSPS) is 35.3. The molecule has 2 unspecified atom stereocenters. The average molecular weight is 185 g/mol. The molecular formula is C7H7NO3S. The molecule has 0 bridgehead atoms. The van der Waals surface area contributed by atoms with Crippen molar-refractivity contribution in [3.63, 3.8) is 0 Å². The van der Waals surface area contributed by atoms with E-state index >= 15 is 0 Å². The number of fused-ring (bicyclic) bond motifs is 1. The zero-order valence-corrected chi connectivity index (χ0v) is 6.95. The molecule has 2 rings (SSSR count). The molecule has 64 valence electrons. The summed E-state index contributed by atoms with van der Waals surface area (Å²) in [5.41, 5.74) is 0. The van der Waals surface area contributed by atoms with Gasteiger partial charge in [-0.25, -0.2) is 9.59 Å². The van der Waals surface area contributed by atoms with Gasteiger partial charge in [-0.15, -0.1) is 10.9 Å². The molecule has 2 aliphatic rings. The highest BCUT2D eigenvalue weighted by atomic mass is 32.2. The molecule has 0 radical (unpaired) electrons. The van der Waals surface area contributed by atoms with Crippen molar-refractivity contribution in [2.75, 3.05) is 0 Å². The third-order valence-electron chi connectivity index (χ3n) is 1.61. The van der Waals surface area contributed by atoms with Crippen molar-refractivity contribution in [3.8, 4) is 0 Å². The fraction of sp³-hybridized carbons (Fsp3) is 0.143. The Bertz CT molecular complexity index is 297. The molecule has 0 spiro atoms. The minimum atomic E-state index is -0.994. The van der Waals surface area contributed by atoms with Crippen LogP contribution < -0.4 is 5.32 Å². The number of carbonyl (C=O) groups excluding carboxylic acids is 2. The molecule has 0 aromatic carbocycles. The van der Waals surface area contributed by atoms with E-state index in [4.69, 9.17) is 0 Å². The van der Waals surface area contributed by atoms with E-state index in [0.717, 1.165) is 0 Å². The van der Waals surface area contributed by atoms with E-state index in [0.29, 0.717) is 0 Å². The van der Waals surface area contributed by atoms with Crippen LogP contribution in [0, 0.1) is 0 Å². The first-order valence-electron chi connectivity index (χ1n) is 3.43. The van der Waals surface area contributed by atoms with Crippen molar-refractivity contribution < 1.29 is 14.3 Å².